The molecule has 1 aliphatic rings. The Morgan fingerprint density at radius 3 is 2.57 bits per heavy atom. The number of esters is 1. The highest BCUT2D eigenvalue weighted by Crippen LogP contribution is 2.18. The van der Waals surface area contributed by atoms with E-state index in [2.05, 4.69) is 0 Å². The fourth-order valence-electron chi connectivity index (χ4n) is 1.95. The summed E-state index contributed by atoms with van der Waals surface area (Å²) in [5.74, 6) is -0.751. The van der Waals surface area contributed by atoms with Gasteiger partial charge in [-0.25, -0.2) is 9.59 Å². The van der Waals surface area contributed by atoms with Crippen molar-refractivity contribution in [1.82, 2.24) is 4.90 Å². The van der Waals surface area contributed by atoms with Crippen LogP contribution in [0.3, 0.4) is 0 Å². The number of rotatable bonds is 4. The van der Waals surface area contributed by atoms with Crippen molar-refractivity contribution in [2.75, 3.05) is 19.7 Å². The first-order chi connectivity index (χ1) is 10.1. The summed E-state index contributed by atoms with van der Waals surface area (Å²) in [6.07, 6.45) is -0.579. The molecule has 0 unspecified atom stereocenters. The number of carbonyl (C=O) groups is 2. The second-order valence-corrected chi connectivity index (χ2v) is 4.54. The summed E-state index contributed by atoms with van der Waals surface area (Å²) in [7, 11) is 0. The molecule has 21 heavy (non-hydrogen) atoms. The summed E-state index contributed by atoms with van der Waals surface area (Å²) in [4.78, 5) is 24.7. The molecular weight excluding hydrogens is 274 g/mol. The number of aliphatic hydroxyl groups is 1. The fraction of sp³-hybridized carbons (Fsp3) is 0.333. The summed E-state index contributed by atoms with van der Waals surface area (Å²) in [6, 6.07) is 9.27. The normalized spacial score (nSPS) is 14.2. The summed E-state index contributed by atoms with van der Waals surface area (Å²) in [5, 5.41) is 9.72. The van der Waals surface area contributed by atoms with E-state index in [1.807, 2.05) is 30.3 Å². The third-order valence-corrected chi connectivity index (χ3v) is 3.02. The molecule has 1 amide bonds. The van der Waals surface area contributed by atoms with E-state index in [4.69, 9.17) is 9.47 Å². The molecule has 6 heteroatoms. The lowest BCUT2D eigenvalue weighted by Crippen LogP contribution is -2.30. The molecule has 1 aliphatic heterocycles. The first-order valence-electron chi connectivity index (χ1n) is 6.65. The van der Waals surface area contributed by atoms with Crippen molar-refractivity contribution in [2.45, 2.75) is 13.5 Å². The van der Waals surface area contributed by atoms with E-state index >= 15 is 0 Å². The van der Waals surface area contributed by atoms with Crippen molar-refractivity contribution in [3.8, 4) is 0 Å². The second kappa shape index (κ2) is 6.78. The van der Waals surface area contributed by atoms with E-state index in [-0.39, 0.29) is 37.6 Å². The van der Waals surface area contributed by atoms with Crippen LogP contribution in [0.2, 0.25) is 0 Å². The van der Waals surface area contributed by atoms with Gasteiger partial charge in [0.2, 0.25) is 0 Å². The van der Waals surface area contributed by atoms with E-state index in [1.165, 1.54) is 4.90 Å². The monoisotopic (exact) mass is 291 g/mol. The maximum absolute atomic E-state index is 11.9. The lowest BCUT2D eigenvalue weighted by atomic mass is 10.2. The van der Waals surface area contributed by atoms with Crippen molar-refractivity contribution >= 4 is 12.1 Å². The molecular formula is C15H17NO5. The van der Waals surface area contributed by atoms with Gasteiger partial charge in [0.05, 0.1) is 25.3 Å². The molecule has 0 fully saturated rings. The van der Waals surface area contributed by atoms with E-state index in [0.29, 0.717) is 0 Å². The van der Waals surface area contributed by atoms with Gasteiger partial charge in [-0.3, -0.25) is 4.90 Å². The molecule has 1 aromatic carbocycles. The Hall–Kier alpha value is -2.50. The molecule has 0 saturated heterocycles. The number of hydrogen-bond donors (Lipinski definition) is 1. The zero-order valence-electron chi connectivity index (χ0n) is 11.7. The van der Waals surface area contributed by atoms with Crippen molar-refractivity contribution < 1.29 is 24.2 Å². The highest BCUT2D eigenvalue weighted by Gasteiger charge is 2.31. The van der Waals surface area contributed by atoms with Crippen LogP contribution in [0.1, 0.15) is 12.5 Å². The van der Waals surface area contributed by atoms with Gasteiger partial charge < -0.3 is 14.6 Å². The van der Waals surface area contributed by atoms with Crippen molar-refractivity contribution in [1.29, 1.82) is 0 Å². The van der Waals surface area contributed by atoms with E-state index in [1.54, 1.807) is 6.92 Å². The van der Waals surface area contributed by atoms with Crippen LogP contribution < -0.4 is 0 Å². The zero-order valence-corrected chi connectivity index (χ0v) is 11.7. The maximum Gasteiger partial charge on any atom is 0.410 e. The van der Waals surface area contributed by atoms with Crippen LogP contribution in [0.4, 0.5) is 4.79 Å². The highest BCUT2D eigenvalue weighted by molar-refractivity contribution is 5.91. The SMILES string of the molecule is CCOC(=O)C1=C(O)CN(C(=O)OCc2ccccc2)C1. The molecule has 0 aromatic heterocycles. The Labute approximate surface area is 122 Å². The number of aliphatic hydroxyl groups excluding tert-OH is 1. The van der Waals surface area contributed by atoms with E-state index < -0.39 is 12.1 Å². The maximum atomic E-state index is 11.9. The molecule has 0 bridgehead atoms. The molecule has 1 N–H and O–H groups in total. The van der Waals surface area contributed by atoms with Crippen LogP contribution in [0.5, 0.6) is 0 Å². The summed E-state index contributed by atoms with van der Waals surface area (Å²) in [6.45, 7) is 2.00. The molecule has 0 aliphatic carbocycles. The minimum absolute atomic E-state index is 0.00170. The predicted molar refractivity (Wildman–Crippen MR) is 74.5 cm³/mol. The smallest absolute Gasteiger partial charge is 0.410 e. The lowest BCUT2D eigenvalue weighted by molar-refractivity contribution is -0.138. The van der Waals surface area contributed by atoms with Crippen LogP contribution >= 0.6 is 0 Å². The summed E-state index contributed by atoms with van der Waals surface area (Å²) >= 11 is 0. The minimum Gasteiger partial charge on any atom is -0.510 e. The average molecular weight is 291 g/mol. The van der Waals surface area contributed by atoms with Gasteiger partial charge in [-0.2, -0.15) is 0 Å². The van der Waals surface area contributed by atoms with Gasteiger partial charge in [0.25, 0.3) is 0 Å². The number of amides is 1. The average Bonchev–Trinajstić information content (AvgIpc) is 2.88. The molecule has 2 rings (SSSR count). The standard InChI is InChI=1S/C15H17NO5/c1-2-20-14(18)12-8-16(9-13(12)17)15(19)21-10-11-6-4-3-5-7-11/h3-7,17H,2,8-10H2,1H3. The van der Waals surface area contributed by atoms with Gasteiger partial charge in [-0.1, -0.05) is 30.3 Å². The largest absolute Gasteiger partial charge is 0.510 e. The van der Waals surface area contributed by atoms with Crippen LogP contribution in [-0.2, 0) is 20.9 Å². The number of carbonyl (C=O) groups excluding carboxylic acids is 2. The van der Waals surface area contributed by atoms with Crippen LogP contribution in [-0.4, -0.2) is 41.8 Å². The first kappa shape index (κ1) is 14.9. The quantitative estimate of drug-likeness (QED) is 0.859. The number of nitrogens with zero attached hydrogens (tertiary/aromatic N) is 1. The molecule has 0 spiro atoms. The first-order valence-corrected chi connectivity index (χ1v) is 6.65. The van der Waals surface area contributed by atoms with Crippen LogP contribution in [0.25, 0.3) is 0 Å². The Morgan fingerprint density at radius 1 is 1.19 bits per heavy atom. The Balaban J connectivity index is 1.87. The van der Waals surface area contributed by atoms with Crippen LogP contribution in [0, 0.1) is 0 Å². The molecule has 6 nitrogen and oxygen atoms in total. The Kier molecular flexibility index (Phi) is 4.81. The highest BCUT2D eigenvalue weighted by atomic mass is 16.6. The van der Waals surface area contributed by atoms with Crippen molar-refractivity contribution in [2.24, 2.45) is 0 Å². The van der Waals surface area contributed by atoms with Gasteiger partial charge >= 0.3 is 12.1 Å². The molecule has 0 radical (unpaired) electrons. The molecule has 0 atom stereocenters. The number of benzene rings is 1. The molecule has 0 saturated carbocycles. The summed E-state index contributed by atoms with van der Waals surface area (Å²) in [5.41, 5.74) is 0.973. The number of hydrogen-bond acceptors (Lipinski definition) is 5. The Morgan fingerprint density at radius 2 is 1.90 bits per heavy atom. The predicted octanol–water partition coefficient (Wildman–Crippen LogP) is 2.01. The van der Waals surface area contributed by atoms with Gasteiger partial charge in [0.1, 0.15) is 12.4 Å². The van der Waals surface area contributed by atoms with Gasteiger partial charge in [-0.05, 0) is 12.5 Å². The Bertz CT molecular complexity index is 552. The summed E-state index contributed by atoms with van der Waals surface area (Å²) < 4.78 is 9.96. The minimum atomic E-state index is -0.603. The second-order valence-electron chi connectivity index (χ2n) is 4.54. The third-order valence-electron chi connectivity index (χ3n) is 3.02. The molecule has 1 heterocycles. The zero-order chi connectivity index (χ0) is 15.2. The fourth-order valence-corrected chi connectivity index (χ4v) is 1.95. The van der Waals surface area contributed by atoms with Gasteiger partial charge in [0, 0.05) is 0 Å². The molecule has 1 aromatic rings. The lowest BCUT2D eigenvalue weighted by Gasteiger charge is -2.15. The van der Waals surface area contributed by atoms with E-state index in [0.717, 1.165) is 5.56 Å². The van der Waals surface area contributed by atoms with Crippen LogP contribution in [0.15, 0.2) is 41.7 Å². The van der Waals surface area contributed by atoms with E-state index in [9.17, 15) is 14.7 Å². The third kappa shape index (κ3) is 3.75. The molecule has 112 valence electrons. The van der Waals surface area contributed by atoms with Crippen molar-refractivity contribution in [3.63, 3.8) is 0 Å². The van der Waals surface area contributed by atoms with Gasteiger partial charge in [-0.15, -0.1) is 0 Å². The van der Waals surface area contributed by atoms with Gasteiger partial charge in [0.15, 0.2) is 0 Å². The number of ether oxygens (including phenoxy) is 2. The van der Waals surface area contributed by atoms with Crippen molar-refractivity contribution in [3.05, 3.63) is 47.2 Å². The topological polar surface area (TPSA) is 76.1 Å².